The van der Waals surface area contributed by atoms with E-state index in [4.69, 9.17) is 9.15 Å². The van der Waals surface area contributed by atoms with Crippen LogP contribution in [0.1, 0.15) is 21.5 Å². The van der Waals surface area contributed by atoms with E-state index in [2.05, 4.69) is 15.9 Å². The van der Waals surface area contributed by atoms with Crippen molar-refractivity contribution in [2.45, 2.75) is 13.8 Å². The molecule has 0 unspecified atom stereocenters. The van der Waals surface area contributed by atoms with E-state index in [0.717, 1.165) is 15.6 Å². The molecule has 0 bridgehead atoms. The average molecular weight is 449 g/mol. The van der Waals surface area contributed by atoms with Crippen LogP contribution in [0.2, 0.25) is 0 Å². The van der Waals surface area contributed by atoms with Gasteiger partial charge in [0.1, 0.15) is 5.58 Å². The second-order valence-electron chi connectivity index (χ2n) is 6.85. The van der Waals surface area contributed by atoms with Crippen LogP contribution in [-0.2, 0) is 0 Å². The van der Waals surface area contributed by atoms with Crippen LogP contribution in [-0.4, -0.2) is 5.97 Å². The quantitative estimate of drug-likeness (QED) is 0.357. The van der Waals surface area contributed by atoms with E-state index < -0.39 is 5.97 Å². The lowest BCUT2D eigenvalue weighted by atomic mass is 10.1. The normalized spacial score (nSPS) is 10.9. The van der Waals surface area contributed by atoms with Gasteiger partial charge in [-0.05, 0) is 44.2 Å². The maximum absolute atomic E-state index is 13.2. The van der Waals surface area contributed by atoms with Crippen molar-refractivity contribution in [1.82, 2.24) is 0 Å². The third-order valence-corrected chi connectivity index (χ3v) is 5.07. The van der Waals surface area contributed by atoms with Crippen molar-refractivity contribution in [1.29, 1.82) is 0 Å². The van der Waals surface area contributed by atoms with Crippen molar-refractivity contribution >= 4 is 32.9 Å². The summed E-state index contributed by atoms with van der Waals surface area (Å²) in [5.41, 5.74) is 3.04. The summed E-state index contributed by atoms with van der Waals surface area (Å²) in [6.07, 6.45) is 0. The van der Waals surface area contributed by atoms with E-state index in [0.29, 0.717) is 22.1 Å². The van der Waals surface area contributed by atoms with Crippen LogP contribution < -0.4 is 10.2 Å². The van der Waals surface area contributed by atoms with Crippen LogP contribution in [0.15, 0.2) is 80.4 Å². The van der Waals surface area contributed by atoms with Crippen LogP contribution >= 0.6 is 15.9 Å². The van der Waals surface area contributed by atoms with E-state index in [-0.39, 0.29) is 16.9 Å². The summed E-state index contributed by atoms with van der Waals surface area (Å²) < 4.78 is 12.4. The summed E-state index contributed by atoms with van der Waals surface area (Å²) in [7, 11) is 0. The van der Waals surface area contributed by atoms with Gasteiger partial charge in [-0.1, -0.05) is 63.5 Å². The Kier molecular flexibility index (Phi) is 5.07. The number of fused-ring (bicyclic) bond motifs is 1. The molecule has 0 saturated carbocycles. The fourth-order valence-corrected chi connectivity index (χ4v) is 3.45. The predicted octanol–water partition coefficient (Wildman–Crippen LogP) is 6.06. The first-order valence-corrected chi connectivity index (χ1v) is 9.84. The number of hydrogen-bond donors (Lipinski definition) is 0. The number of rotatable bonds is 3. The summed E-state index contributed by atoms with van der Waals surface area (Å²) in [6, 6.07) is 19.7. The Bertz CT molecular complexity index is 1290. The summed E-state index contributed by atoms with van der Waals surface area (Å²) in [6.45, 7) is 3.86. The lowest BCUT2D eigenvalue weighted by molar-refractivity contribution is 0.0731. The van der Waals surface area contributed by atoms with Gasteiger partial charge in [0.05, 0.1) is 10.9 Å². The molecule has 0 radical (unpaired) electrons. The lowest BCUT2D eigenvalue weighted by Crippen LogP contribution is -2.16. The van der Waals surface area contributed by atoms with Gasteiger partial charge in [0.25, 0.3) is 0 Å². The molecule has 4 nitrogen and oxygen atoms in total. The fourth-order valence-electron chi connectivity index (χ4n) is 3.05. The summed E-state index contributed by atoms with van der Waals surface area (Å²) in [4.78, 5) is 26.0. The van der Waals surface area contributed by atoms with Gasteiger partial charge in [0.15, 0.2) is 5.76 Å². The Morgan fingerprint density at radius 3 is 2.38 bits per heavy atom. The number of ether oxygens (including phenoxy) is 1. The first kappa shape index (κ1) is 19.2. The molecule has 0 amide bonds. The molecule has 0 aliphatic heterocycles. The van der Waals surface area contributed by atoms with E-state index >= 15 is 0 Å². The first-order valence-electron chi connectivity index (χ1n) is 9.04. The van der Waals surface area contributed by atoms with Crippen molar-refractivity contribution in [3.05, 3.63) is 98.1 Å². The Labute approximate surface area is 175 Å². The van der Waals surface area contributed by atoms with Crippen molar-refractivity contribution < 1.29 is 13.9 Å². The van der Waals surface area contributed by atoms with E-state index in [1.165, 1.54) is 0 Å². The Morgan fingerprint density at radius 2 is 1.66 bits per heavy atom. The molecule has 0 N–H and O–H groups in total. The molecule has 5 heteroatoms. The predicted molar refractivity (Wildman–Crippen MR) is 116 cm³/mol. The van der Waals surface area contributed by atoms with E-state index in [1.54, 1.807) is 30.3 Å². The van der Waals surface area contributed by atoms with Crippen molar-refractivity contribution in [2.75, 3.05) is 0 Å². The molecule has 0 atom stereocenters. The van der Waals surface area contributed by atoms with Gasteiger partial charge in [0.2, 0.25) is 11.2 Å². The molecule has 1 heterocycles. The number of carbonyl (C=O) groups excluding carboxylic acids is 1. The Hall–Kier alpha value is -3.18. The Morgan fingerprint density at radius 1 is 0.931 bits per heavy atom. The molecule has 0 spiro atoms. The van der Waals surface area contributed by atoms with Crippen LogP contribution in [0.25, 0.3) is 22.3 Å². The molecule has 1 aromatic heterocycles. The monoisotopic (exact) mass is 448 g/mol. The minimum Gasteiger partial charge on any atom is -0.452 e. The van der Waals surface area contributed by atoms with Gasteiger partial charge in [-0.25, -0.2) is 4.79 Å². The highest BCUT2D eigenvalue weighted by Gasteiger charge is 2.21. The molecule has 29 heavy (non-hydrogen) atoms. The second kappa shape index (κ2) is 7.68. The van der Waals surface area contributed by atoms with Crippen molar-refractivity contribution in [3.8, 4) is 17.1 Å². The number of hydrogen-bond acceptors (Lipinski definition) is 4. The minimum absolute atomic E-state index is 0.114. The molecule has 0 aliphatic carbocycles. The van der Waals surface area contributed by atoms with Crippen LogP contribution in [0.3, 0.4) is 0 Å². The van der Waals surface area contributed by atoms with Gasteiger partial charge < -0.3 is 9.15 Å². The zero-order valence-electron chi connectivity index (χ0n) is 15.9. The smallest absolute Gasteiger partial charge is 0.343 e. The summed E-state index contributed by atoms with van der Waals surface area (Å²) in [5.74, 6) is -0.509. The van der Waals surface area contributed by atoms with Gasteiger partial charge >= 0.3 is 5.97 Å². The maximum Gasteiger partial charge on any atom is 0.343 e. The molecule has 0 saturated heterocycles. The molecule has 4 rings (SSSR count). The van der Waals surface area contributed by atoms with Gasteiger partial charge in [-0.15, -0.1) is 0 Å². The van der Waals surface area contributed by atoms with Crippen molar-refractivity contribution in [3.63, 3.8) is 0 Å². The number of aryl methyl sites for hydroxylation is 2. The molecular formula is C24H17BrO4. The fraction of sp³-hybridized carbons (Fsp3) is 0.0833. The number of halogens is 1. The SMILES string of the molecule is Cc1ccc(-c2oc3ccc(C)cc3c(=O)c2OC(=O)c2cccc(Br)c2)cc1. The third kappa shape index (κ3) is 3.87. The average Bonchev–Trinajstić information content (AvgIpc) is 2.71. The lowest BCUT2D eigenvalue weighted by Gasteiger charge is -2.11. The zero-order chi connectivity index (χ0) is 20.5. The van der Waals surface area contributed by atoms with Crippen LogP contribution in [0.5, 0.6) is 5.75 Å². The van der Waals surface area contributed by atoms with E-state index in [1.807, 2.05) is 50.2 Å². The zero-order valence-corrected chi connectivity index (χ0v) is 17.4. The van der Waals surface area contributed by atoms with Gasteiger partial charge in [-0.2, -0.15) is 0 Å². The highest BCUT2D eigenvalue weighted by Crippen LogP contribution is 2.32. The van der Waals surface area contributed by atoms with Gasteiger partial charge in [-0.3, -0.25) is 4.79 Å². The van der Waals surface area contributed by atoms with Crippen molar-refractivity contribution in [2.24, 2.45) is 0 Å². The first-order chi connectivity index (χ1) is 13.9. The largest absolute Gasteiger partial charge is 0.452 e. The maximum atomic E-state index is 13.2. The van der Waals surface area contributed by atoms with Crippen LogP contribution in [0.4, 0.5) is 0 Å². The number of benzene rings is 3. The highest BCUT2D eigenvalue weighted by molar-refractivity contribution is 9.10. The molecule has 0 fully saturated rings. The number of carbonyl (C=O) groups is 1. The summed E-state index contributed by atoms with van der Waals surface area (Å²) >= 11 is 3.34. The molecule has 0 aliphatic rings. The Balaban J connectivity index is 1.91. The molecule has 3 aromatic carbocycles. The standard InChI is InChI=1S/C24H17BrO4/c1-14-6-9-16(10-7-14)22-23(29-24(27)17-4-3-5-18(25)13-17)21(26)19-12-15(2)8-11-20(19)28-22/h3-13H,1-2H3. The molecular weight excluding hydrogens is 432 g/mol. The molecule has 144 valence electrons. The second-order valence-corrected chi connectivity index (χ2v) is 7.77. The topological polar surface area (TPSA) is 56.5 Å². The number of esters is 1. The van der Waals surface area contributed by atoms with E-state index in [9.17, 15) is 9.59 Å². The minimum atomic E-state index is -0.626. The summed E-state index contributed by atoms with van der Waals surface area (Å²) in [5, 5.41) is 0.373. The van der Waals surface area contributed by atoms with Gasteiger partial charge in [0, 0.05) is 10.0 Å². The van der Waals surface area contributed by atoms with Crippen LogP contribution in [0, 0.1) is 13.8 Å². The highest BCUT2D eigenvalue weighted by atomic mass is 79.9. The molecule has 4 aromatic rings. The third-order valence-electron chi connectivity index (χ3n) is 4.57.